The number of rotatable bonds is 4. The Morgan fingerprint density at radius 3 is 2.68 bits per heavy atom. The van der Waals surface area contributed by atoms with Gasteiger partial charge < -0.3 is 15.1 Å². The van der Waals surface area contributed by atoms with Crippen LogP contribution in [-0.4, -0.2) is 60.5 Å². The van der Waals surface area contributed by atoms with Crippen molar-refractivity contribution in [2.75, 3.05) is 44.7 Å². The second-order valence-electron chi connectivity index (χ2n) is 4.55. The van der Waals surface area contributed by atoms with E-state index in [1.54, 1.807) is 12.3 Å². The first kappa shape index (κ1) is 13.5. The van der Waals surface area contributed by atoms with Crippen LogP contribution in [0.3, 0.4) is 0 Å². The Morgan fingerprint density at radius 2 is 2.11 bits per heavy atom. The van der Waals surface area contributed by atoms with Gasteiger partial charge in [0, 0.05) is 32.7 Å². The van der Waals surface area contributed by atoms with Crippen molar-refractivity contribution in [1.82, 2.24) is 20.2 Å². The summed E-state index contributed by atoms with van der Waals surface area (Å²) in [6.45, 7) is 7.89. The van der Waals surface area contributed by atoms with Crippen LogP contribution in [0.4, 0.5) is 5.82 Å². The summed E-state index contributed by atoms with van der Waals surface area (Å²) in [4.78, 5) is 24.6. The minimum Gasteiger partial charge on any atom is -0.353 e. The van der Waals surface area contributed by atoms with Gasteiger partial charge in [-0.25, -0.2) is 9.97 Å². The molecule has 0 spiro atoms. The third-order valence-electron chi connectivity index (χ3n) is 3.11. The van der Waals surface area contributed by atoms with E-state index in [-0.39, 0.29) is 5.91 Å². The molecule has 102 valence electrons. The minimum absolute atomic E-state index is 0.225. The highest BCUT2D eigenvalue weighted by Gasteiger charge is 2.16. The van der Waals surface area contributed by atoms with Gasteiger partial charge in [0.25, 0.3) is 5.91 Å². The average molecular weight is 261 g/mol. The van der Waals surface area contributed by atoms with E-state index < -0.39 is 0 Å². The summed E-state index contributed by atoms with van der Waals surface area (Å²) >= 11 is 0. The van der Waals surface area contributed by atoms with E-state index in [2.05, 4.69) is 38.7 Å². The molecular formula is C13H19N5O. The fraction of sp³-hybridized carbons (Fsp3) is 0.462. The van der Waals surface area contributed by atoms with Crippen molar-refractivity contribution in [2.45, 2.75) is 0 Å². The predicted molar refractivity (Wildman–Crippen MR) is 74.3 cm³/mol. The van der Waals surface area contributed by atoms with Crippen molar-refractivity contribution in [1.29, 1.82) is 0 Å². The van der Waals surface area contributed by atoms with Crippen molar-refractivity contribution in [2.24, 2.45) is 0 Å². The zero-order chi connectivity index (χ0) is 13.7. The normalized spacial score (nSPS) is 16.2. The van der Waals surface area contributed by atoms with Crippen molar-refractivity contribution < 1.29 is 4.79 Å². The first-order valence-electron chi connectivity index (χ1n) is 6.35. The topological polar surface area (TPSA) is 61.4 Å². The Hall–Kier alpha value is -1.95. The highest BCUT2D eigenvalue weighted by atomic mass is 16.1. The zero-order valence-corrected chi connectivity index (χ0v) is 11.2. The monoisotopic (exact) mass is 261 g/mol. The summed E-state index contributed by atoms with van der Waals surface area (Å²) in [5, 5.41) is 2.67. The molecule has 6 heteroatoms. The van der Waals surface area contributed by atoms with Gasteiger partial charge in [-0.3, -0.25) is 4.79 Å². The number of aromatic nitrogens is 2. The van der Waals surface area contributed by atoms with E-state index >= 15 is 0 Å². The summed E-state index contributed by atoms with van der Waals surface area (Å²) in [6, 6.07) is 0. The van der Waals surface area contributed by atoms with E-state index in [1.807, 2.05) is 0 Å². The number of carbonyl (C=O) groups excluding carboxylic acids is 1. The van der Waals surface area contributed by atoms with Crippen LogP contribution in [0.5, 0.6) is 0 Å². The van der Waals surface area contributed by atoms with Crippen LogP contribution in [0.15, 0.2) is 25.0 Å². The lowest BCUT2D eigenvalue weighted by Crippen LogP contribution is -2.44. The standard InChI is InChI=1S/C13H19N5O/c1-3-4-14-13(19)11-9-16-12(10-15-11)18-7-5-17(2)6-8-18/h3,9-10H,1,4-8H2,2H3,(H,14,19). The number of piperazine rings is 1. The maximum atomic E-state index is 11.7. The number of nitrogens with one attached hydrogen (secondary N) is 1. The molecule has 1 aliphatic rings. The molecule has 1 saturated heterocycles. The molecule has 19 heavy (non-hydrogen) atoms. The zero-order valence-electron chi connectivity index (χ0n) is 11.2. The van der Waals surface area contributed by atoms with Crippen LogP contribution in [-0.2, 0) is 0 Å². The number of hydrogen-bond donors (Lipinski definition) is 1. The first-order valence-corrected chi connectivity index (χ1v) is 6.35. The fourth-order valence-electron chi connectivity index (χ4n) is 1.89. The van der Waals surface area contributed by atoms with Crippen LogP contribution < -0.4 is 10.2 Å². The van der Waals surface area contributed by atoms with Gasteiger partial charge in [0.1, 0.15) is 11.5 Å². The molecule has 0 aromatic carbocycles. The third-order valence-corrected chi connectivity index (χ3v) is 3.11. The molecule has 0 bridgehead atoms. The smallest absolute Gasteiger partial charge is 0.271 e. The second-order valence-corrected chi connectivity index (χ2v) is 4.55. The Morgan fingerprint density at radius 1 is 1.37 bits per heavy atom. The maximum Gasteiger partial charge on any atom is 0.271 e. The van der Waals surface area contributed by atoms with E-state index in [4.69, 9.17) is 0 Å². The van der Waals surface area contributed by atoms with Gasteiger partial charge >= 0.3 is 0 Å². The molecule has 2 rings (SSSR count). The molecule has 0 unspecified atom stereocenters. The number of nitrogens with zero attached hydrogens (tertiary/aromatic N) is 4. The lowest BCUT2D eigenvalue weighted by Gasteiger charge is -2.32. The van der Waals surface area contributed by atoms with E-state index in [1.165, 1.54) is 6.20 Å². The summed E-state index contributed by atoms with van der Waals surface area (Å²) in [5.74, 6) is 0.602. The van der Waals surface area contributed by atoms with Crippen LogP contribution in [0.25, 0.3) is 0 Å². The molecule has 6 nitrogen and oxygen atoms in total. The summed E-state index contributed by atoms with van der Waals surface area (Å²) < 4.78 is 0. The molecule has 0 radical (unpaired) electrons. The van der Waals surface area contributed by atoms with Crippen LogP contribution in [0.1, 0.15) is 10.5 Å². The lowest BCUT2D eigenvalue weighted by molar-refractivity contribution is 0.0952. The summed E-state index contributed by atoms with van der Waals surface area (Å²) in [6.07, 6.45) is 4.81. The van der Waals surface area contributed by atoms with Crippen LogP contribution in [0, 0.1) is 0 Å². The van der Waals surface area contributed by atoms with Gasteiger partial charge in [-0.15, -0.1) is 6.58 Å². The predicted octanol–water partition coefficient (Wildman–Crippen LogP) is 0.144. The third kappa shape index (κ3) is 3.51. The Kier molecular flexibility index (Phi) is 4.46. The largest absolute Gasteiger partial charge is 0.353 e. The second kappa shape index (κ2) is 6.29. The van der Waals surface area contributed by atoms with Crippen LogP contribution >= 0.6 is 0 Å². The number of hydrogen-bond acceptors (Lipinski definition) is 5. The Balaban J connectivity index is 1.98. The highest BCUT2D eigenvalue weighted by molar-refractivity contribution is 5.92. The van der Waals surface area contributed by atoms with Gasteiger partial charge in [0.05, 0.1) is 12.4 Å². The molecule has 1 amide bonds. The molecule has 1 aromatic rings. The highest BCUT2D eigenvalue weighted by Crippen LogP contribution is 2.11. The quantitative estimate of drug-likeness (QED) is 0.781. The number of carbonyl (C=O) groups is 1. The van der Waals surface area contributed by atoms with Gasteiger partial charge in [-0.1, -0.05) is 6.08 Å². The molecule has 1 fully saturated rings. The molecule has 1 aromatic heterocycles. The van der Waals surface area contributed by atoms with E-state index in [0.29, 0.717) is 12.2 Å². The number of anilines is 1. The van der Waals surface area contributed by atoms with Crippen molar-refractivity contribution in [3.05, 3.63) is 30.7 Å². The van der Waals surface area contributed by atoms with E-state index in [9.17, 15) is 4.79 Å². The maximum absolute atomic E-state index is 11.7. The molecule has 0 saturated carbocycles. The van der Waals surface area contributed by atoms with Gasteiger partial charge in [-0.2, -0.15) is 0 Å². The molecule has 2 heterocycles. The van der Waals surface area contributed by atoms with Crippen LogP contribution in [0.2, 0.25) is 0 Å². The number of amides is 1. The molecular weight excluding hydrogens is 242 g/mol. The van der Waals surface area contributed by atoms with Gasteiger partial charge in [0.2, 0.25) is 0 Å². The van der Waals surface area contributed by atoms with Gasteiger partial charge in [-0.05, 0) is 7.05 Å². The average Bonchev–Trinajstić information content (AvgIpc) is 2.46. The molecule has 1 aliphatic heterocycles. The number of likely N-dealkylation sites (N-methyl/N-ethyl adjacent to an activating group) is 1. The minimum atomic E-state index is -0.225. The first-order chi connectivity index (χ1) is 9.20. The van der Waals surface area contributed by atoms with Crippen molar-refractivity contribution in [3.63, 3.8) is 0 Å². The van der Waals surface area contributed by atoms with Crippen molar-refractivity contribution in [3.8, 4) is 0 Å². The fourth-order valence-corrected chi connectivity index (χ4v) is 1.89. The molecule has 0 atom stereocenters. The lowest BCUT2D eigenvalue weighted by atomic mass is 10.3. The summed E-state index contributed by atoms with van der Waals surface area (Å²) in [5.41, 5.74) is 0.333. The van der Waals surface area contributed by atoms with Gasteiger partial charge in [0.15, 0.2) is 0 Å². The van der Waals surface area contributed by atoms with Crippen molar-refractivity contribution >= 4 is 11.7 Å². The SMILES string of the molecule is C=CCNC(=O)c1cnc(N2CCN(C)CC2)cn1. The molecule has 1 N–H and O–H groups in total. The Labute approximate surface area is 113 Å². The molecule has 0 aliphatic carbocycles. The van der Waals surface area contributed by atoms with E-state index in [0.717, 1.165) is 32.0 Å². The summed E-state index contributed by atoms with van der Waals surface area (Å²) in [7, 11) is 2.11. The Bertz CT molecular complexity index is 437.